The van der Waals surface area contributed by atoms with Gasteiger partial charge in [0.15, 0.2) is 5.82 Å². The van der Waals surface area contributed by atoms with E-state index in [1.165, 1.54) is 0 Å². The Labute approximate surface area is 147 Å². The first-order valence-corrected chi connectivity index (χ1v) is 7.87. The number of nitrogens with zero attached hydrogens (tertiary/aromatic N) is 4. The Morgan fingerprint density at radius 3 is 2.61 bits per heavy atom. The monoisotopic (exact) mass is 395 g/mol. The number of nitrogens with two attached hydrogens (primary N) is 1. The van der Waals surface area contributed by atoms with Gasteiger partial charge in [0.25, 0.3) is 5.89 Å². The van der Waals surface area contributed by atoms with E-state index in [1.807, 2.05) is 30.5 Å². The van der Waals surface area contributed by atoms with Gasteiger partial charge in [0.2, 0.25) is 0 Å². The van der Waals surface area contributed by atoms with Crippen LogP contribution in [-0.4, -0.2) is 19.9 Å². The Balaban J connectivity index is 0.00000156. The predicted molar refractivity (Wildman–Crippen MR) is 91.5 cm³/mol. The van der Waals surface area contributed by atoms with Crippen LogP contribution in [0, 0.1) is 0 Å². The molecule has 0 atom stereocenters. The van der Waals surface area contributed by atoms with Crippen LogP contribution >= 0.6 is 28.3 Å². The molecule has 0 radical (unpaired) electrons. The van der Waals surface area contributed by atoms with E-state index in [1.54, 1.807) is 10.9 Å². The summed E-state index contributed by atoms with van der Waals surface area (Å²) in [6, 6.07) is 7.89. The second kappa shape index (κ2) is 6.07. The Morgan fingerprint density at radius 2 is 1.96 bits per heavy atom. The maximum Gasteiger partial charge on any atom is 0.261 e. The summed E-state index contributed by atoms with van der Waals surface area (Å²) < 4.78 is 8.14. The molecule has 1 aromatic carbocycles. The molecule has 1 aliphatic carbocycles. The first-order valence-electron chi connectivity index (χ1n) is 7.08. The molecular formula is C15H15BrClN5O. The number of rotatable bonds is 3. The highest BCUT2D eigenvalue weighted by Gasteiger charge is 2.39. The van der Waals surface area contributed by atoms with E-state index in [2.05, 4.69) is 31.2 Å². The average Bonchev–Trinajstić information content (AvgIpc) is 3.14. The Bertz CT molecular complexity index is 809. The first kappa shape index (κ1) is 16.2. The fourth-order valence-corrected chi connectivity index (χ4v) is 2.76. The normalized spacial score (nSPS) is 15.7. The highest BCUT2D eigenvalue weighted by molar-refractivity contribution is 9.10. The highest BCUT2D eigenvalue weighted by atomic mass is 79.9. The molecule has 0 amide bonds. The fourth-order valence-electron chi connectivity index (χ4n) is 2.49. The standard InChI is InChI=1S/C15H14BrN5O.ClH/c16-11-2-4-12(5-3-11)21-9-10(8-18-21)13-19-14(20-22-13)15(17)6-1-7-15;/h2-5,8-9H,1,6-7,17H2;1H. The van der Waals surface area contributed by atoms with Gasteiger partial charge >= 0.3 is 0 Å². The number of benzene rings is 1. The van der Waals surface area contributed by atoms with Crippen molar-refractivity contribution in [2.45, 2.75) is 24.8 Å². The summed E-state index contributed by atoms with van der Waals surface area (Å²) in [6.07, 6.45) is 6.50. The highest BCUT2D eigenvalue weighted by Crippen LogP contribution is 2.37. The molecule has 8 heteroatoms. The maximum absolute atomic E-state index is 6.22. The lowest BCUT2D eigenvalue weighted by Gasteiger charge is -2.34. The molecule has 0 aliphatic heterocycles. The number of hydrogen-bond acceptors (Lipinski definition) is 5. The Hall–Kier alpha value is -1.70. The van der Waals surface area contributed by atoms with Gasteiger partial charge in [-0.05, 0) is 43.5 Å². The summed E-state index contributed by atoms with van der Waals surface area (Å²) in [7, 11) is 0. The van der Waals surface area contributed by atoms with Crippen molar-refractivity contribution in [1.82, 2.24) is 19.9 Å². The number of aromatic nitrogens is 4. The molecule has 4 rings (SSSR count). The van der Waals surface area contributed by atoms with E-state index in [-0.39, 0.29) is 12.4 Å². The van der Waals surface area contributed by atoms with Crippen molar-refractivity contribution in [1.29, 1.82) is 0 Å². The average molecular weight is 397 g/mol. The van der Waals surface area contributed by atoms with Gasteiger partial charge < -0.3 is 10.3 Å². The summed E-state index contributed by atoms with van der Waals surface area (Å²) in [5.41, 5.74) is 7.55. The van der Waals surface area contributed by atoms with E-state index >= 15 is 0 Å². The second-order valence-electron chi connectivity index (χ2n) is 5.58. The molecule has 2 aromatic heterocycles. The zero-order chi connectivity index (χ0) is 15.2. The molecule has 0 saturated heterocycles. The minimum atomic E-state index is -0.413. The topological polar surface area (TPSA) is 82.8 Å². The summed E-state index contributed by atoms with van der Waals surface area (Å²) in [5, 5.41) is 8.37. The molecule has 6 nitrogen and oxygen atoms in total. The predicted octanol–water partition coefficient (Wildman–Crippen LogP) is 3.44. The first-order chi connectivity index (χ1) is 10.6. The minimum absolute atomic E-state index is 0. The van der Waals surface area contributed by atoms with Crippen LogP contribution in [-0.2, 0) is 5.54 Å². The molecule has 23 heavy (non-hydrogen) atoms. The molecule has 0 bridgehead atoms. The molecule has 1 saturated carbocycles. The van der Waals surface area contributed by atoms with Crippen LogP contribution in [0.3, 0.4) is 0 Å². The van der Waals surface area contributed by atoms with E-state index in [0.717, 1.165) is 35.0 Å². The van der Waals surface area contributed by atoms with Crippen LogP contribution in [0.4, 0.5) is 0 Å². The molecule has 1 aliphatic rings. The summed E-state index contributed by atoms with van der Waals surface area (Å²) in [4.78, 5) is 4.43. The molecule has 1 fully saturated rings. The molecule has 2 N–H and O–H groups in total. The van der Waals surface area contributed by atoms with E-state index in [9.17, 15) is 0 Å². The van der Waals surface area contributed by atoms with Crippen LogP contribution in [0.15, 0.2) is 45.7 Å². The van der Waals surface area contributed by atoms with Gasteiger partial charge in [-0.1, -0.05) is 21.1 Å². The third-order valence-corrected chi connectivity index (χ3v) is 4.57. The van der Waals surface area contributed by atoms with Crippen molar-refractivity contribution >= 4 is 28.3 Å². The third kappa shape index (κ3) is 2.91. The van der Waals surface area contributed by atoms with Crippen LogP contribution in [0.1, 0.15) is 25.1 Å². The summed E-state index contributed by atoms with van der Waals surface area (Å²) in [5.74, 6) is 1.04. The van der Waals surface area contributed by atoms with Crippen molar-refractivity contribution in [2.24, 2.45) is 5.73 Å². The molecule has 0 spiro atoms. The SMILES string of the molecule is Cl.NC1(c2noc(-c3cnn(-c4ccc(Br)cc4)c3)n2)CCC1. The summed E-state index contributed by atoms with van der Waals surface area (Å²) in [6.45, 7) is 0. The minimum Gasteiger partial charge on any atom is -0.334 e. The Kier molecular flexibility index (Phi) is 4.27. The lowest BCUT2D eigenvalue weighted by atomic mass is 9.77. The molecule has 2 heterocycles. The van der Waals surface area contributed by atoms with Crippen molar-refractivity contribution in [3.63, 3.8) is 0 Å². The fraction of sp³-hybridized carbons (Fsp3) is 0.267. The van der Waals surface area contributed by atoms with E-state index in [4.69, 9.17) is 10.3 Å². The third-order valence-electron chi connectivity index (χ3n) is 4.04. The lowest BCUT2D eigenvalue weighted by molar-refractivity contribution is 0.229. The quantitative estimate of drug-likeness (QED) is 0.733. The van der Waals surface area contributed by atoms with Gasteiger partial charge in [-0.25, -0.2) is 4.68 Å². The molecule has 120 valence electrons. The van der Waals surface area contributed by atoms with Crippen LogP contribution < -0.4 is 5.73 Å². The molecule has 3 aromatic rings. The van der Waals surface area contributed by atoms with Gasteiger partial charge in [0.1, 0.15) is 0 Å². The van der Waals surface area contributed by atoms with Crippen LogP contribution in [0.2, 0.25) is 0 Å². The van der Waals surface area contributed by atoms with E-state index in [0.29, 0.717) is 11.7 Å². The largest absolute Gasteiger partial charge is 0.334 e. The van der Waals surface area contributed by atoms with Crippen molar-refractivity contribution in [3.05, 3.63) is 47.0 Å². The van der Waals surface area contributed by atoms with Gasteiger partial charge in [0.05, 0.1) is 23.0 Å². The van der Waals surface area contributed by atoms with Crippen molar-refractivity contribution in [3.8, 4) is 17.1 Å². The maximum atomic E-state index is 6.22. The van der Waals surface area contributed by atoms with Gasteiger partial charge in [-0.2, -0.15) is 10.1 Å². The zero-order valence-electron chi connectivity index (χ0n) is 12.1. The van der Waals surface area contributed by atoms with Gasteiger partial charge in [-0.3, -0.25) is 0 Å². The van der Waals surface area contributed by atoms with Crippen molar-refractivity contribution in [2.75, 3.05) is 0 Å². The number of hydrogen-bond donors (Lipinski definition) is 1. The zero-order valence-corrected chi connectivity index (χ0v) is 14.5. The molecular weight excluding hydrogens is 382 g/mol. The smallest absolute Gasteiger partial charge is 0.261 e. The Morgan fingerprint density at radius 1 is 1.22 bits per heavy atom. The number of halogens is 2. The lowest BCUT2D eigenvalue weighted by Crippen LogP contribution is -2.44. The van der Waals surface area contributed by atoms with Gasteiger partial charge in [0, 0.05) is 10.7 Å². The van der Waals surface area contributed by atoms with Crippen LogP contribution in [0.25, 0.3) is 17.1 Å². The van der Waals surface area contributed by atoms with Crippen LogP contribution in [0.5, 0.6) is 0 Å². The van der Waals surface area contributed by atoms with E-state index < -0.39 is 5.54 Å². The second-order valence-corrected chi connectivity index (χ2v) is 6.50. The van der Waals surface area contributed by atoms with Crippen molar-refractivity contribution < 1.29 is 4.52 Å². The summed E-state index contributed by atoms with van der Waals surface area (Å²) >= 11 is 3.42. The van der Waals surface area contributed by atoms with Gasteiger partial charge in [-0.15, -0.1) is 12.4 Å². The molecule has 0 unspecified atom stereocenters.